The van der Waals surface area contributed by atoms with E-state index >= 15 is 0 Å². The fourth-order valence-corrected chi connectivity index (χ4v) is 3.32. The molecule has 0 bridgehead atoms. The van der Waals surface area contributed by atoms with Crippen LogP contribution in [0, 0.1) is 11.8 Å². The van der Waals surface area contributed by atoms with Gasteiger partial charge in [-0.25, -0.2) is 14.6 Å². The Morgan fingerprint density at radius 2 is 1.79 bits per heavy atom. The molecule has 1 aromatic heterocycles. The first-order valence-corrected chi connectivity index (χ1v) is 8.85. The van der Waals surface area contributed by atoms with Crippen molar-refractivity contribution < 1.29 is 9.53 Å². The summed E-state index contributed by atoms with van der Waals surface area (Å²) in [5, 5.41) is 2.61. The van der Waals surface area contributed by atoms with Crippen LogP contribution in [0.5, 0.6) is 0 Å². The number of rotatable bonds is 3. The van der Waals surface area contributed by atoms with E-state index in [0.717, 1.165) is 0 Å². The van der Waals surface area contributed by atoms with Gasteiger partial charge < -0.3 is 15.0 Å². The van der Waals surface area contributed by atoms with Crippen molar-refractivity contribution in [1.82, 2.24) is 15.3 Å². The molecule has 0 fully saturated rings. The van der Waals surface area contributed by atoms with Crippen molar-refractivity contribution >= 4 is 6.09 Å². The summed E-state index contributed by atoms with van der Waals surface area (Å²) in [4.78, 5) is 28.9. The van der Waals surface area contributed by atoms with Crippen molar-refractivity contribution in [3.63, 3.8) is 0 Å². The number of fused-ring (bicyclic) bond motifs is 3. The number of ether oxygens (including phenoxy) is 1. The number of H-pyrrole nitrogens is 1. The molecule has 0 spiro atoms. The molecule has 4 rings (SSSR count). The highest BCUT2D eigenvalue weighted by Crippen LogP contribution is 2.44. The van der Waals surface area contributed by atoms with Crippen molar-refractivity contribution in [2.75, 3.05) is 13.2 Å². The summed E-state index contributed by atoms with van der Waals surface area (Å²) in [7, 11) is 0. The highest BCUT2D eigenvalue weighted by atomic mass is 16.5. The average Bonchev–Trinajstić information content (AvgIpc) is 3.05. The molecule has 0 unspecified atom stereocenters. The van der Waals surface area contributed by atoms with Gasteiger partial charge in [0.05, 0.1) is 12.1 Å². The summed E-state index contributed by atoms with van der Waals surface area (Å²) in [6, 6.07) is 16.4. The van der Waals surface area contributed by atoms with Crippen LogP contribution in [0.15, 0.2) is 65.7 Å². The van der Waals surface area contributed by atoms with Crippen LogP contribution in [0.3, 0.4) is 0 Å². The smallest absolute Gasteiger partial charge is 0.407 e. The number of benzene rings is 2. The molecular formula is C22H17N3O3. The fourth-order valence-electron chi connectivity index (χ4n) is 3.32. The Balaban J connectivity index is 1.35. The largest absolute Gasteiger partial charge is 0.449 e. The number of hydrogen-bond acceptors (Lipinski definition) is 4. The van der Waals surface area contributed by atoms with Crippen LogP contribution >= 0.6 is 0 Å². The minimum atomic E-state index is -0.518. The summed E-state index contributed by atoms with van der Waals surface area (Å²) >= 11 is 0. The standard InChI is InChI=1S/C22H17N3O3/c26-21-24-12-15(13-25-21)6-5-11-23-22(27)28-14-20-18-9-3-1-7-16(18)17-8-2-4-10-19(17)20/h1-4,7-10,12-13,20H,11,14H2,(H,23,27)(H,24,25,26). The maximum atomic E-state index is 12.0. The predicted molar refractivity (Wildman–Crippen MR) is 105 cm³/mol. The van der Waals surface area contributed by atoms with Crippen molar-refractivity contribution in [3.8, 4) is 23.0 Å². The Labute approximate surface area is 161 Å². The first-order chi connectivity index (χ1) is 13.7. The van der Waals surface area contributed by atoms with E-state index in [1.807, 2.05) is 24.3 Å². The second kappa shape index (κ2) is 7.80. The molecule has 0 atom stereocenters. The topological polar surface area (TPSA) is 84.1 Å². The molecule has 138 valence electrons. The first-order valence-electron chi connectivity index (χ1n) is 8.85. The zero-order chi connectivity index (χ0) is 19.3. The molecule has 1 heterocycles. The number of amides is 1. The predicted octanol–water partition coefficient (Wildman–Crippen LogP) is 2.66. The molecule has 6 nitrogen and oxygen atoms in total. The number of hydrogen-bond donors (Lipinski definition) is 2. The molecule has 0 saturated heterocycles. The summed E-state index contributed by atoms with van der Waals surface area (Å²) in [6.07, 6.45) is 2.32. The zero-order valence-electron chi connectivity index (χ0n) is 14.9. The van der Waals surface area contributed by atoms with Gasteiger partial charge in [0.25, 0.3) is 0 Å². The van der Waals surface area contributed by atoms with Gasteiger partial charge in [-0.2, -0.15) is 0 Å². The van der Waals surface area contributed by atoms with E-state index in [1.165, 1.54) is 34.6 Å². The fraction of sp³-hybridized carbons (Fsp3) is 0.136. The third-order valence-corrected chi connectivity index (χ3v) is 4.57. The van der Waals surface area contributed by atoms with E-state index in [-0.39, 0.29) is 19.1 Å². The van der Waals surface area contributed by atoms with Crippen LogP contribution in [0.2, 0.25) is 0 Å². The Bertz CT molecular complexity index is 1080. The highest BCUT2D eigenvalue weighted by Gasteiger charge is 2.28. The first kappa shape index (κ1) is 17.6. The van der Waals surface area contributed by atoms with E-state index in [0.29, 0.717) is 5.56 Å². The van der Waals surface area contributed by atoms with E-state index in [4.69, 9.17) is 4.74 Å². The number of nitrogens with one attached hydrogen (secondary N) is 2. The third kappa shape index (κ3) is 3.64. The highest BCUT2D eigenvalue weighted by molar-refractivity contribution is 5.79. The molecule has 3 aromatic rings. The van der Waals surface area contributed by atoms with Crippen LogP contribution in [0.25, 0.3) is 11.1 Å². The molecule has 1 aliphatic carbocycles. The van der Waals surface area contributed by atoms with Gasteiger partial charge in [-0.15, -0.1) is 0 Å². The number of carbonyl (C=O) groups excluding carboxylic acids is 1. The van der Waals surface area contributed by atoms with Crippen LogP contribution in [0.1, 0.15) is 22.6 Å². The Morgan fingerprint density at radius 1 is 1.11 bits per heavy atom. The zero-order valence-corrected chi connectivity index (χ0v) is 14.9. The molecule has 0 saturated carbocycles. The van der Waals surface area contributed by atoms with Gasteiger partial charge in [-0.1, -0.05) is 60.4 Å². The van der Waals surface area contributed by atoms with Crippen molar-refractivity contribution in [3.05, 3.63) is 88.1 Å². The average molecular weight is 371 g/mol. The van der Waals surface area contributed by atoms with Gasteiger partial charge in [0.1, 0.15) is 6.61 Å². The van der Waals surface area contributed by atoms with Crippen LogP contribution in [0.4, 0.5) is 4.79 Å². The van der Waals surface area contributed by atoms with Gasteiger partial charge in [0.2, 0.25) is 0 Å². The third-order valence-electron chi connectivity index (χ3n) is 4.57. The lowest BCUT2D eigenvalue weighted by Gasteiger charge is -2.14. The number of alkyl carbamates (subject to hydrolysis) is 1. The minimum Gasteiger partial charge on any atom is -0.449 e. The molecule has 0 radical (unpaired) electrons. The summed E-state index contributed by atoms with van der Waals surface area (Å²) in [5.41, 5.74) is 4.85. The summed E-state index contributed by atoms with van der Waals surface area (Å²) in [5.74, 6) is 5.61. The van der Waals surface area contributed by atoms with Crippen molar-refractivity contribution in [2.24, 2.45) is 0 Å². The van der Waals surface area contributed by atoms with Crippen LogP contribution < -0.4 is 11.0 Å². The minimum absolute atomic E-state index is 0.0245. The van der Waals surface area contributed by atoms with Gasteiger partial charge in [0, 0.05) is 18.3 Å². The van der Waals surface area contributed by atoms with Crippen molar-refractivity contribution in [2.45, 2.75) is 5.92 Å². The number of nitrogens with zero attached hydrogens (tertiary/aromatic N) is 1. The molecule has 1 amide bonds. The van der Waals surface area contributed by atoms with E-state index < -0.39 is 11.8 Å². The van der Waals surface area contributed by atoms with Crippen molar-refractivity contribution in [1.29, 1.82) is 0 Å². The second-order valence-electron chi connectivity index (χ2n) is 6.29. The molecule has 6 heteroatoms. The van der Waals surface area contributed by atoms with Gasteiger partial charge >= 0.3 is 11.8 Å². The van der Waals surface area contributed by atoms with E-state index in [1.54, 1.807) is 0 Å². The second-order valence-corrected chi connectivity index (χ2v) is 6.29. The Kier molecular flexibility index (Phi) is 4.89. The van der Waals surface area contributed by atoms with Crippen LogP contribution in [-0.2, 0) is 4.74 Å². The SMILES string of the molecule is O=C(NCC#Cc1cnc(=O)[nH]c1)OCC1c2ccccc2-c2ccccc21. The van der Waals surface area contributed by atoms with Gasteiger partial charge in [-0.05, 0) is 22.3 Å². The lowest BCUT2D eigenvalue weighted by atomic mass is 9.98. The van der Waals surface area contributed by atoms with Gasteiger partial charge in [-0.3, -0.25) is 0 Å². The summed E-state index contributed by atoms with van der Waals surface area (Å²) in [6.45, 7) is 0.396. The lowest BCUT2D eigenvalue weighted by molar-refractivity contribution is 0.144. The lowest BCUT2D eigenvalue weighted by Crippen LogP contribution is -2.26. The molecular weight excluding hydrogens is 354 g/mol. The monoisotopic (exact) mass is 371 g/mol. The molecule has 2 N–H and O–H groups in total. The molecule has 1 aliphatic rings. The van der Waals surface area contributed by atoms with E-state index in [9.17, 15) is 9.59 Å². The Hall–Kier alpha value is -3.85. The molecule has 2 aromatic carbocycles. The number of carbonyl (C=O) groups is 1. The van der Waals surface area contributed by atoms with E-state index in [2.05, 4.69) is 51.4 Å². The quantitative estimate of drug-likeness (QED) is 0.694. The van der Waals surface area contributed by atoms with Gasteiger partial charge in [0.15, 0.2) is 0 Å². The normalized spacial score (nSPS) is 11.7. The maximum Gasteiger partial charge on any atom is 0.407 e. The Morgan fingerprint density at radius 3 is 2.43 bits per heavy atom. The molecule has 0 aliphatic heterocycles. The summed E-state index contributed by atoms with van der Waals surface area (Å²) < 4.78 is 5.43. The number of aromatic nitrogens is 2. The van der Waals surface area contributed by atoms with Crippen LogP contribution in [-0.4, -0.2) is 29.2 Å². The number of aromatic amines is 1. The molecule has 28 heavy (non-hydrogen) atoms. The maximum absolute atomic E-state index is 12.0.